The van der Waals surface area contributed by atoms with Gasteiger partial charge in [0.25, 0.3) is 0 Å². The van der Waals surface area contributed by atoms with Crippen LogP contribution in [0.15, 0.2) is 0 Å². The minimum Gasteiger partial charge on any atom is -0.313 e. The van der Waals surface area contributed by atoms with E-state index in [1.807, 2.05) is 6.92 Å². The molecule has 0 aromatic heterocycles. The van der Waals surface area contributed by atoms with Gasteiger partial charge in [-0.05, 0) is 32.6 Å². The quantitative estimate of drug-likeness (QED) is 0.795. The van der Waals surface area contributed by atoms with Crippen LogP contribution in [0.4, 0.5) is 0 Å². The first-order valence-electron chi connectivity index (χ1n) is 8.54. The Balaban J connectivity index is 1.49. The van der Waals surface area contributed by atoms with Crippen LogP contribution in [0.25, 0.3) is 0 Å². The Kier molecular flexibility index (Phi) is 4.88. The van der Waals surface area contributed by atoms with Gasteiger partial charge in [0.2, 0.25) is 10.0 Å². The molecule has 0 bridgehead atoms. The smallest absolute Gasteiger partial charge is 0.218 e. The zero-order chi connectivity index (χ0) is 14.9. The third-order valence-corrected chi connectivity index (χ3v) is 7.52. The van der Waals surface area contributed by atoms with Gasteiger partial charge < -0.3 is 5.32 Å². The van der Waals surface area contributed by atoms with Crippen LogP contribution in [0, 0.1) is 0 Å². The van der Waals surface area contributed by atoms with Crippen molar-refractivity contribution in [3.8, 4) is 0 Å². The lowest BCUT2D eigenvalue weighted by molar-refractivity contribution is 0.138. The summed E-state index contributed by atoms with van der Waals surface area (Å²) in [6.07, 6.45) is 7.68. The van der Waals surface area contributed by atoms with E-state index in [1.54, 1.807) is 4.31 Å². The highest BCUT2D eigenvalue weighted by Gasteiger charge is 2.34. The number of hydrogen-bond donors (Lipinski definition) is 1. The fourth-order valence-corrected chi connectivity index (χ4v) is 5.06. The number of nitrogens with one attached hydrogen (secondary N) is 1. The first kappa shape index (κ1) is 15.7. The number of nitrogens with zero attached hydrogens (tertiary/aromatic N) is 2. The molecule has 0 spiro atoms. The van der Waals surface area contributed by atoms with Crippen LogP contribution < -0.4 is 5.32 Å². The lowest BCUT2D eigenvalue weighted by Crippen LogP contribution is -2.53. The van der Waals surface area contributed by atoms with E-state index in [2.05, 4.69) is 10.2 Å². The summed E-state index contributed by atoms with van der Waals surface area (Å²) in [5.74, 6) is 0. The van der Waals surface area contributed by atoms with Crippen molar-refractivity contribution in [3.63, 3.8) is 0 Å². The Labute approximate surface area is 129 Å². The van der Waals surface area contributed by atoms with E-state index in [0.717, 1.165) is 13.1 Å². The largest absolute Gasteiger partial charge is 0.313 e. The zero-order valence-corrected chi connectivity index (χ0v) is 13.9. The minimum atomic E-state index is -3.13. The lowest BCUT2D eigenvalue weighted by atomic mass is 10.2. The van der Waals surface area contributed by atoms with Crippen molar-refractivity contribution in [2.45, 2.75) is 62.8 Å². The summed E-state index contributed by atoms with van der Waals surface area (Å²) in [5, 5.41) is 3.03. The average Bonchev–Trinajstić information content (AvgIpc) is 3.16. The van der Waals surface area contributed by atoms with Gasteiger partial charge >= 0.3 is 0 Å². The minimum absolute atomic E-state index is 0.309. The molecule has 1 atom stereocenters. The molecule has 2 saturated carbocycles. The second-order valence-corrected chi connectivity index (χ2v) is 9.26. The molecule has 0 radical (unpaired) electrons. The second-order valence-electron chi connectivity index (χ2n) is 6.91. The van der Waals surface area contributed by atoms with E-state index in [-0.39, 0.29) is 5.25 Å². The van der Waals surface area contributed by atoms with Crippen molar-refractivity contribution in [2.24, 2.45) is 0 Å². The standard InChI is InChI=1S/C15H29N3O2S/c1-13(12-16-14-6-7-14)21(19,20)18-10-8-17(9-11-18)15-4-2-3-5-15/h13-16H,2-12H2,1H3. The van der Waals surface area contributed by atoms with Crippen LogP contribution in [0.3, 0.4) is 0 Å². The summed E-state index contributed by atoms with van der Waals surface area (Å²) >= 11 is 0. The maximum Gasteiger partial charge on any atom is 0.218 e. The summed E-state index contributed by atoms with van der Waals surface area (Å²) in [6, 6.07) is 1.28. The van der Waals surface area contributed by atoms with Gasteiger partial charge in [0.05, 0.1) is 5.25 Å². The molecule has 2 aliphatic carbocycles. The van der Waals surface area contributed by atoms with Crippen molar-refractivity contribution in [2.75, 3.05) is 32.7 Å². The van der Waals surface area contributed by atoms with Gasteiger partial charge in [-0.2, -0.15) is 4.31 Å². The van der Waals surface area contributed by atoms with E-state index >= 15 is 0 Å². The summed E-state index contributed by atoms with van der Waals surface area (Å²) in [6.45, 7) is 5.60. The van der Waals surface area contributed by atoms with E-state index < -0.39 is 10.0 Å². The highest BCUT2D eigenvalue weighted by atomic mass is 32.2. The van der Waals surface area contributed by atoms with Crippen LogP contribution in [-0.4, -0.2) is 67.7 Å². The number of hydrogen-bond acceptors (Lipinski definition) is 4. The van der Waals surface area contributed by atoms with E-state index in [1.165, 1.54) is 38.5 Å². The van der Waals surface area contributed by atoms with E-state index in [0.29, 0.717) is 31.7 Å². The molecule has 1 aliphatic heterocycles. The zero-order valence-electron chi connectivity index (χ0n) is 13.1. The van der Waals surface area contributed by atoms with Gasteiger partial charge in [0.15, 0.2) is 0 Å². The Morgan fingerprint density at radius 3 is 2.24 bits per heavy atom. The highest BCUT2D eigenvalue weighted by Crippen LogP contribution is 2.25. The molecule has 1 saturated heterocycles. The SMILES string of the molecule is CC(CNC1CC1)S(=O)(=O)N1CCN(C2CCCC2)CC1. The van der Waals surface area contributed by atoms with Crippen LogP contribution in [0.1, 0.15) is 45.4 Å². The van der Waals surface area contributed by atoms with Crippen molar-refractivity contribution in [1.29, 1.82) is 0 Å². The number of sulfonamides is 1. The van der Waals surface area contributed by atoms with Gasteiger partial charge in [0.1, 0.15) is 0 Å². The normalized spacial score (nSPS) is 28.0. The van der Waals surface area contributed by atoms with Crippen LogP contribution in [0.2, 0.25) is 0 Å². The predicted octanol–water partition coefficient (Wildman–Crippen LogP) is 1.02. The third kappa shape index (κ3) is 3.78. The van der Waals surface area contributed by atoms with Crippen molar-refractivity contribution in [1.82, 2.24) is 14.5 Å². The molecule has 3 fully saturated rings. The average molecular weight is 315 g/mol. The second kappa shape index (κ2) is 6.52. The maximum atomic E-state index is 12.6. The van der Waals surface area contributed by atoms with Gasteiger partial charge in [-0.25, -0.2) is 8.42 Å². The van der Waals surface area contributed by atoms with Gasteiger partial charge in [-0.1, -0.05) is 12.8 Å². The summed E-state index contributed by atoms with van der Waals surface area (Å²) in [5.41, 5.74) is 0. The number of rotatable bonds is 6. The Bertz CT molecular complexity index is 436. The van der Waals surface area contributed by atoms with Crippen molar-refractivity contribution >= 4 is 10.0 Å². The van der Waals surface area contributed by atoms with Gasteiger partial charge in [0, 0.05) is 44.8 Å². The lowest BCUT2D eigenvalue weighted by Gasteiger charge is -2.38. The molecular formula is C15H29N3O2S. The summed E-state index contributed by atoms with van der Waals surface area (Å²) in [4.78, 5) is 2.51. The van der Waals surface area contributed by atoms with Crippen molar-refractivity contribution < 1.29 is 8.42 Å². The first-order chi connectivity index (χ1) is 10.1. The third-order valence-electron chi connectivity index (χ3n) is 5.25. The first-order valence-corrected chi connectivity index (χ1v) is 10.0. The molecule has 1 unspecified atom stereocenters. The Hall–Kier alpha value is -0.170. The fourth-order valence-electron chi connectivity index (χ4n) is 3.57. The molecule has 1 heterocycles. The molecule has 0 aromatic carbocycles. The summed E-state index contributed by atoms with van der Waals surface area (Å²) < 4.78 is 26.9. The molecular weight excluding hydrogens is 286 g/mol. The Morgan fingerprint density at radius 1 is 1.05 bits per heavy atom. The van der Waals surface area contributed by atoms with E-state index in [4.69, 9.17) is 0 Å². The monoisotopic (exact) mass is 315 g/mol. The van der Waals surface area contributed by atoms with Crippen molar-refractivity contribution in [3.05, 3.63) is 0 Å². The van der Waals surface area contributed by atoms with Gasteiger partial charge in [-0.15, -0.1) is 0 Å². The summed E-state index contributed by atoms with van der Waals surface area (Å²) in [7, 11) is -3.13. The molecule has 6 heteroatoms. The maximum absolute atomic E-state index is 12.6. The van der Waals surface area contributed by atoms with Crippen LogP contribution >= 0.6 is 0 Å². The molecule has 3 aliphatic rings. The molecule has 21 heavy (non-hydrogen) atoms. The molecule has 1 N–H and O–H groups in total. The highest BCUT2D eigenvalue weighted by molar-refractivity contribution is 7.89. The van der Waals surface area contributed by atoms with Crippen LogP contribution in [0.5, 0.6) is 0 Å². The molecule has 3 rings (SSSR count). The van der Waals surface area contributed by atoms with Crippen LogP contribution in [-0.2, 0) is 10.0 Å². The predicted molar refractivity (Wildman–Crippen MR) is 84.8 cm³/mol. The van der Waals surface area contributed by atoms with E-state index in [9.17, 15) is 8.42 Å². The molecule has 5 nitrogen and oxygen atoms in total. The number of piperazine rings is 1. The molecule has 0 aromatic rings. The topological polar surface area (TPSA) is 52.7 Å². The molecule has 0 amide bonds. The molecule has 122 valence electrons. The Morgan fingerprint density at radius 2 is 1.67 bits per heavy atom. The van der Waals surface area contributed by atoms with Gasteiger partial charge in [-0.3, -0.25) is 4.90 Å². The fraction of sp³-hybridized carbons (Fsp3) is 1.00.